The average Bonchev–Trinajstić information content (AvgIpc) is 2.45. The Kier molecular flexibility index (Phi) is 7.35. The Morgan fingerprint density at radius 3 is 2.84 bits per heavy atom. The van der Waals surface area contributed by atoms with Crippen molar-refractivity contribution in [3.05, 3.63) is 43.0 Å². The van der Waals surface area contributed by atoms with Gasteiger partial charge in [-0.25, -0.2) is 0 Å². The zero-order valence-corrected chi connectivity index (χ0v) is 11.4. The maximum absolute atomic E-state index is 11.5. The van der Waals surface area contributed by atoms with Crippen molar-refractivity contribution in [3.63, 3.8) is 0 Å². The standard InChI is InChI=1S/C15H22N2O2/c1-3-10-17-15(18)13(2)16-11-7-12-19-14-8-5-4-6-9-14/h3-6,8-9,13,16H,1,7,10-12H2,2H3,(H,17,18). The molecule has 0 radical (unpaired) electrons. The predicted molar refractivity (Wildman–Crippen MR) is 77.2 cm³/mol. The Labute approximate surface area is 114 Å². The van der Waals surface area contributed by atoms with Crippen LogP contribution in [0.3, 0.4) is 0 Å². The van der Waals surface area contributed by atoms with E-state index in [1.807, 2.05) is 37.3 Å². The third-order valence-corrected chi connectivity index (χ3v) is 2.60. The maximum Gasteiger partial charge on any atom is 0.237 e. The van der Waals surface area contributed by atoms with Gasteiger partial charge in [0.05, 0.1) is 12.6 Å². The Bertz CT molecular complexity index is 379. The summed E-state index contributed by atoms with van der Waals surface area (Å²) in [5, 5.41) is 5.90. The lowest BCUT2D eigenvalue weighted by Crippen LogP contribution is -2.42. The molecule has 4 heteroatoms. The van der Waals surface area contributed by atoms with Gasteiger partial charge < -0.3 is 15.4 Å². The first-order chi connectivity index (χ1) is 9.24. The smallest absolute Gasteiger partial charge is 0.237 e. The van der Waals surface area contributed by atoms with Crippen LogP contribution in [0.5, 0.6) is 5.75 Å². The fourth-order valence-corrected chi connectivity index (χ4v) is 1.52. The summed E-state index contributed by atoms with van der Waals surface area (Å²) in [4.78, 5) is 11.5. The van der Waals surface area contributed by atoms with E-state index in [0.29, 0.717) is 13.2 Å². The molecule has 0 saturated heterocycles. The van der Waals surface area contributed by atoms with Gasteiger partial charge in [0.25, 0.3) is 0 Å². The van der Waals surface area contributed by atoms with Gasteiger partial charge in [-0.05, 0) is 32.0 Å². The van der Waals surface area contributed by atoms with Crippen LogP contribution >= 0.6 is 0 Å². The summed E-state index contributed by atoms with van der Waals surface area (Å²) in [7, 11) is 0. The number of carbonyl (C=O) groups excluding carboxylic acids is 1. The summed E-state index contributed by atoms with van der Waals surface area (Å²) in [5.41, 5.74) is 0. The van der Waals surface area contributed by atoms with Crippen molar-refractivity contribution in [2.45, 2.75) is 19.4 Å². The first kappa shape index (κ1) is 15.2. The van der Waals surface area contributed by atoms with Crippen LogP contribution in [-0.2, 0) is 4.79 Å². The van der Waals surface area contributed by atoms with Gasteiger partial charge in [0.15, 0.2) is 0 Å². The Morgan fingerprint density at radius 1 is 1.42 bits per heavy atom. The number of rotatable bonds is 9. The summed E-state index contributed by atoms with van der Waals surface area (Å²) in [6.45, 7) is 7.28. The van der Waals surface area contributed by atoms with Crippen molar-refractivity contribution in [2.75, 3.05) is 19.7 Å². The van der Waals surface area contributed by atoms with Gasteiger partial charge in [-0.15, -0.1) is 6.58 Å². The monoisotopic (exact) mass is 262 g/mol. The van der Waals surface area contributed by atoms with Crippen molar-refractivity contribution in [2.24, 2.45) is 0 Å². The lowest BCUT2D eigenvalue weighted by molar-refractivity contribution is -0.122. The van der Waals surface area contributed by atoms with Crippen LogP contribution in [0.25, 0.3) is 0 Å². The number of ether oxygens (including phenoxy) is 1. The van der Waals surface area contributed by atoms with Gasteiger partial charge in [0.2, 0.25) is 5.91 Å². The first-order valence-electron chi connectivity index (χ1n) is 6.54. The molecule has 0 saturated carbocycles. The molecule has 0 aromatic heterocycles. The minimum atomic E-state index is -0.198. The molecule has 0 aliphatic carbocycles. The van der Waals surface area contributed by atoms with E-state index in [2.05, 4.69) is 17.2 Å². The zero-order chi connectivity index (χ0) is 13.9. The third-order valence-electron chi connectivity index (χ3n) is 2.60. The molecule has 1 atom stereocenters. The lowest BCUT2D eigenvalue weighted by atomic mass is 10.3. The molecule has 0 fully saturated rings. The molecule has 0 spiro atoms. The molecule has 1 amide bonds. The van der Waals surface area contributed by atoms with Gasteiger partial charge >= 0.3 is 0 Å². The van der Waals surface area contributed by atoms with Crippen LogP contribution < -0.4 is 15.4 Å². The van der Waals surface area contributed by atoms with Gasteiger partial charge in [0, 0.05) is 6.54 Å². The molecule has 1 rings (SSSR count). The summed E-state index contributed by atoms with van der Waals surface area (Å²) in [6.07, 6.45) is 2.52. The summed E-state index contributed by atoms with van der Waals surface area (Å²) >= 11 is 0. The highest BCUT2D eigenvalue weighted by molar-refractivity contribution is 5.81. The van der Waals surface area contributed by atoms with E-state index in [-0.39, 0.29) is 11.9 Å². The number of nitrogens with one attached hydrogen (secondary N) is 2. The molecule has 1 unspecified atom stereocenters. The van der Waals surface area contributed by atoms with E-state index in [1.165, 1.54) is 0 Å². The van der Waals surface area contributed by atoms with Crippen LogP contribution in [-0.4, -0.2) is 31.6 Å². The van der Waals surface area contributed by atoms with Gasteiger partial charge in [-0.2, -0.15) is 0 Å². The molecule has 2 N–H and O–H groups in total. The van der Waals surface area contributed by atoms with E-state index in [4.69, 9.17) is 4.74 Å². The Morgan fingerprint density at radius 2 is 2.16 bits per heavy atom. The Balaban J connectivity index is 2.07. The molecule has 1 aromatic rings. The maximum atomic E-state index is 11.5. The van der Waals surface area contributed by atoms with Crippen LogP contribution in [0.15, 0.2) is 43.0 Å². The molecule has 4 nitrogen and oxygen atoms in total. The Hall–Kier alpha value is -1.81. The molecule has 19 heavy (non-hydrogen) atoms. The van der Waals surface area contributed by atoms with Crippen molar-refractivity contribution >= 4 is 5.91 Å². The molecular weight excluding hydrogens is 240 g/mol. The highest BCUT2D eigenvalue weighted by Gasteiger charge is 2.09. The van der Waals surface area contributed by atoms with E-state index < -0.39 is 0 Å². The highest BCUT2D eigenvalue weighted by atomic mass is 16.5. The topological polar surface area (TPSA) is 50.4 Å². The second-order valence-corrected chi connectivity index (χ2v) is 4.22. The molecular formula is C15H22N2O2. The average molecular weight is 262 g/mol. The third kappa shape index (κ3) is 6.62. The first-order valence-corrected chi connectivity index (χ1v) is 6.54. The van der Waals surface area contributed by atoms with Crippen LogP contribution in [0.1, 0.15) is 13.3 Å². The second-order valence-electron chi connectivity index (χ2n) is 4.22. The van der Waals surface area contributed by atoms with E-state index in [0.717, 1.165) is 18.7 Å². The van der Waals surface area contributed by atoms with Crippen LogP contribution in [0.2, 0.25) is 0 Å². The fraction of sp³-hybridized carbons (Fsp3) is 0.400. The van der Waals surface area contributed by atoms with Crippen molar-refractivity contribution in [1.82, 2.24) is 10.6 Å². The molecule has 0 aliphatic rings. The number of carbonyl (C=O) groups is 1. The highest BCUT2D eigenvalue weighted by Crippen LogP contribution is 2.07. The number of hydrogen-bond donors (Lipinski definition) is 2. The largest absolute Gasteiger partial charge is 0.494 e. The summed E-state index contributed by atoms with van der Waals surface area (Å²) < 4.78 is 5.56. The van der Waals surface area contributed by atoms with E-state index in [9.17, 15) is 4.79 Å². The van der Waals surface area contributed by atoms with E-state index in [1.54, 1.807) is 6.08 Å². The summed E-state index contributed by atoms with van der Waals surface area (Å²) in [5.74, 6) is 0.864. The van der Waals surface area contributed by atoms with Crippen molar-refractivity contribution in [1.29, 1.82) is 0 Å². The minimum Gasteiger partial charge on any atom is -0.494 e. The predicted octanol–water partition coefficient (Wildman–Crippen LogP) is 1.74. The van der Waals surface area contributed by atoms with Gasteiger partial charge in [-0.1, -0.05) is 24.3 Å². The van der Waals surface area contributed by atoms with Crippen LogP contribution in [0.4, 0.5) is 0 Å². The molecule has 0 heterocycles. The zero-order valence-electron chi connectivity index (χ0n) is 11.4. The normalized spacial score (nSPS) is 11.6. The fourth-order valence-electron chi connectivity index (χ4n) is 1.52. The number of amides is 1. The molecule has 104 valence electrons. The minimum absolute atomic E-state index is 0.0103. The molecule has 0 bridgehead atoms. The van der Waals surface area contributed by atoms with Gasteiger partial charge in [-0.3, -0.25) is 4.79 Å². The number of hydrogen-bond acceptors (Lipinski definition) is 3. The number of benzene rings is 1. The quantitative estimate of drug-likeness (QED) is 0.526. The van der Waals surface area contributed by atoms with Crippen LogP contribution in [0, 0.1) is 0 Å². The second kappa shape index (κ2) is 9.16. The lowest BCUT2D eigenvalue weighted by Gasteiger charge is -2.13. The summed E-state index contributed by atoms with van der Waals surface area (Å²) in [6, 6.07) is 9.51. The van der Waals surface area contributed by atoms with E-state index >= 15 is 0 Å². The molecule has 1 aromatic carbocycles. The van der Waals surface area contributed by atoms with Gasteiger partial charge in [0.1, 0.15) is 5.75 Å². The SMILES string of the molecule is C=CCNC(=O)C(C)NCCCOc1ccccc1. The van der Waals surface area contributed by atoms with Crippen molar-refractivity contribution in [3.8, 4) is 5.75 Å². The number of para-hydroxylation sites is 1. The molecule has 0 aliphatic heterocycles. The van der Waals surface area contributed by atoms with Crippen molar-refractivity contribution < 1.29 is 9.53 Å².